The Bertz CT molecular complexity index is 313. The van der Waals surface area contributed by atoms with Crippen molar-refractivity contribution in [2.75, 3.05) is 0 Å². The summed E-state index contributed by atoms with van der Waals surface area (Å²) >= 11 is 1.75. The molecule has 1 aliphatic rings. The minimum Gasteiger partial charge on any atom is -0.323 e. The van der Waals surface area contributed by atoms with E-state index in [0.29, 0.717) is 5.92 Å². The fourth-order valence-corrected chi connectivity index (χ4v) is 3.29. The summed E-state index contributed by atoms with van der Waals surface area (Å²) < 4.78 is 0. The van der Waals surface area contributed by atoms with Gasteiger partial charge in [-0.2, -0.15) is 0 Å². The first kappa shape index (κ1) is 11.1. The number of hydrogen-bond donors (Lipinski definition) is 1. The van der Waals surface area contributed by atoms with Crippen LogP contribution in [0.1, 0.15) is 48.5 Å². The van der Waals surface area contributed by atoms with Crippen LogP contribution in [0.4, 0.5) is 0 Å². The molecule has 0 amide bonds. The summed E-state index contributed by atoms with van der Waals surface area (Å²) in [5.41, 5.74) is 6.30. The monoisotopic (exact) mass is 224 g/mol. The van der Waals surface area contributed by atoms with Gasteiger partial charge in [0.25, 0.3) is 0 Å². The summed E-state index contributed by atoms with van der Waals surface area (Å²) in [5, 5.41) is 1.13. The van der Waals surface area contributed by atoms with Crippen molar-refractivity contribution in [1.82, 2.24) is 4.98 Å². The zero-order chi connectivity index (χ0) is 10.8. The van der Waals surface area contributed by atoms with Crippen molar-refractivity contribution in [3.05, 3.63) is 16.1 Å². The summed E-state index contributed by atoms with van der Waals surface area (Å²) in [5.74, 6) is 1.58. The second-order valence-corrected chi connectivity index (χ2v) is 6.09. The van der Waals surface area contributed by atoms with Crippen LogP contribution in [-0.4, -0.2) is 4.98 Å². The van der Waals surface area contributed by atoms with E-state index in [9.17, 15) is 0 Å². The first-order chi connectivity index (χ1) is 7.16. The summed E-state index contributed by atoms with van der Waals surface area (Å²) in [6.45, 7) is 4.39. The molecule has 0 aliphatic heterocycles. The molecule has 1 atom stereocenters. The molecular formula is C12H20N2S. The molecule has 2 nitrogen and oxygen atoms in total. The summed E-state index contributed by atoms with van der Waals surface area (Å²) in [6.07, 6.45) is 7.23. The molecule has 1 aromatic heterocycles. The molecule has 0 radical (unpaired) electrons. The average Bonchev–Trinajstić information content (AvgIpc) is 2.65. The molecule has 1 aromatic rings. The molecule has 84 valence electrons. The topological polar surface area (TPSA) is 38.9 Å². The molecule has 1 aliphatic carbocycles. The van der Waals surface area contributed by atoms with Gasteiger partial charge in [-0.15, -0.1) is 11.3 Å². The molecular weight excluding hydrogens is 204 g/mol. The van der Waals surface area contributed by atoms with Crippen LogP contribution < -0.4 is 5.73 Å². The Hall–Kier alpha value is -0.410. The molecule has 3 heteroatoms. The van der Waals surface area contributed by atoms with Crippen LogP contribution in [-0.2, 0) is 0 Å². The standard InChI is InChI=1S/C12H20N2S/c1-8-3-5-10(6-4-8)12(13)11-7-14-9(2)15-11/h7-8,10,12H,3-6,13H2,1-2H3. The number of hydrogen-bond acceptors (Lipinski definition) is 3. The molecule has 1 heterocycles. The van der Waals surface area contributed by atoms with Gasteiger partial charge in [0.2, 0.25) is 0 Å². The highest BCUT2D eigenvalue weighted by atomic mass is 32.1. The molecule has 1 saturated carbocycles. The maximum absolute atomic E-state index is 6.30. The van der Waals surface area contributed by atoms with Gasteiger partial charge in [-0.3, -0.25) is 0 Å². The van der Waals surface area contributed by atoms with Gasteiger partial charge in [-0.25, -0.2) is 4.98 Å². The highest BCUT2D eigenvalue weighted by molar-refractivity contribution is 7.11. The first-order valence-corrected chi connectivity index (χ1v) is 6.66. The van der Waals surface area contributed by atoms with Gasteiger partial charge in [-0.05, 0) is 31.6 Å². The molecule has 0 spiro atoms. The predicted octanol–water partition coefficient (Wildman–Crippen LogP) is 3.28. The van der Waals surface area contributed by atoms with E-state index < -0.39 is 0 Å². The van der Waals surface area contributed by atoms with Crippen molar-refractivity contribution in [2.45, 2.75) is 45.6 Å². The quantitative estimate of drug-likeness (QED) is 0.837. The van der Waals surface area contributed by atoms with Crippen molar-refractivity contribution < 1.29 is 0 Å². The minimum absolute atomic E-state index is 0.226. The Labute approximate surface area is 95.9 Å². The van der Waals surface area contributed by atoms with Gasteiger partial charge >= 0.3 is 0 Å². The fourth-order valence-electron chi connectivity index (χ4n) is 2.41. The van der Waals surface area contributed by atoms with Crippen LogP contribution in [0.25, 0.3) is 0 Å². The third-order valence-electron chi connectivity index (χ3n) is 3.54. The van der Waals surface area contributed by atoms with Gasteiger partial charge in [0, 0.05) is 17.1 Å². The Kier molecular flexibility index (Phi) is 3.42. The van der Waals surface area contributed by atoms with Crippen LogP contribution in [0, 0.1) is 18.8 Å². The average molecular weight is 224 g/mol. The van der Waals surface area contributed by atoms with Gasteiger partial charge in [0.1, 0.15) is 0 Å². The lowest BCUT2D eigenvalue weighted by molar-refractivity contribution is 0.257. The van der Waals surface area contributed by atoms with E-state index in [-0.39, 0.29) is 6.04 Å². The Morgan fingerprint density at radius 2 is 2.07 bits per heavy atom. The van der Waals surface area contributed by atoms with Crippen molar-refractivity contribution in [3.8, 4) is 0 Å². The normalized spacial score (nSPS) is 29.0. The molecule has 1 fully saturated rings. The molecule has 0 aromatic carbocycles. The molecule has 0 saturated heterocycles. The van der Waals surface area contributed by atoms with E-state index in [1.54, 1.807) is 11.3 Å². The fraction of sp³-hybridized carbons (Fsp3) is 0.750. The summed E-state index contributed by atoms with van der Waals surface area (Å²) in [4.78, 5) is 5.56. The van der Waals surface area contributed by atoms with Gasteiger partial charge in [0.15, 0.2) is 0 Å². The minimum atomic E-state index is 0.226. The van der Waals surface area contributed by atoms with Crippen LogP contribution in [0.15, 0.2) is 6.20 Å². The van der Waals surface area contributed by atoms with Gasteiger partial charge in [0.05, 0.1) is 5.01 Å². The Morgan fingerprint density at radius 3 is 2.60 bits per heavy atom. The van der Waals surface area contributed by atoms with Gasteiger partial charge in [-0.1, -0.05) is 19.8 Å². The van der Waals surface area contributed by atoms with E-state index in [4.69, 9.17) is 5.73 Å². The molecule has 15 heavy (non-hydrogen) atoms. The maximum Gasteiger partial charge on any atom is 0.0897 e. The SMILES string of the molecule is Cc1ncc(C(N)C2CCC(C)CC2)s1. The van der Waals surface area contributed by atoms with Crippen molar-refractivity contribution in [1.29, 1.82) is 0 Å². The van der Waals surface area contributed by atoms with E-state index in [2.05, 4.69) is 11.9 Å². The predicted molar refractivity (Wildman–Crippen MR) is 64.9 cm³/mol. The molecule has 0 bridgehead atoms. The number of nitrogens with two attached hydrogens (primary N) is 1. The third-order valence-corrected chi connectivity index (χ3v) is 4.55. The number of rotatable bonds is 2. The van der Waals surface area contributed by atoms with E-state index in [1.807, 2.05) is 13.1 Å². The zero-order valence-electron chi connectivity index (χ0n) is 9.57. The number of thiazole rings is 1. The van der Waals surface area contributed by atoms with Crippen LogP contribution in [0.2, 0.25) is 0 Å². The molecule has 2 N–H and O–H groups in total. The smallest absolute Gasteiger partial charge is 0.0897 e. The van der Waals surface area contributed by atoms with E-state index >= 15 is 0 Å². The lowest BCUT2D eigenvalue weighted by atomic mass is 9.79. The van der Waals surface area contributed by atoms with Crippen LogP contribution in [0.3, 0.4) is 0 Å². The van der Waals surface area contributed by atoms with Crippen molar-refractivity contribution in [2.24, 2.45) is 17.6 Å². The maximum atomic E-state index is 6.30. The van der Waals surface area contributed by atoms with Crippen molar-refractivity contribution >= 4 is 11.3 Å². The number of aryl methyl sites for hydroxylation is 1. The second-order valence-electron chi connectivity index (χ2n) is 4.83. The highest BCUT2D eigenvalue weighted by Crippen LogP contribution is 2.36. The Morgan fingerprint density at radius 1 is 1.40 bits per heavy atom. The molecule has 2 rings (SSSR count). The highest BCUT2D eigenvalue weighted by Gasteiger charge is 2.25. The van der Waals surface area contributed by atoms with Crippen LogP contribution in [0.5, 0.6) is 0 Å². The lowest BCUT2D eigenvalue weighted by Crippen LogP contribution is -2.24. The molecule has 1 unspecified atom stereocenters. The second kappa shape index (κ2) is 4.62. The number of nitrogens with zero attached hydrogens (tertiary/aromatic N) is 1. The Balaban J connectivity index is 1.99. The summed E-state index contributed by atoms with van der Waals surface area (Å²) in [7, 11) is 0. The zero-order valence-corrected chi connectivity index (χ0v) is 10.4. The van der Waals surface area contributed by atoms with Gasteiger partial charge < -0.3 is 5.73 Å². The van der Waals surface area contributed by atoms with E-state index in [1.165, 1.54) is 30.6 Å². The summed E-state index contributed by atoms with van der Waals surface area (Å²) in [6, 6.07) is 0.226. The first-order valence-electron chi connectivity index (χ1n) is 5.84. The van der Waals surface area contributed by atoms with Crippen molar-refractivity contribution in [3.63, 3.8) is 0 Å². The number of aromatic nitrogens is 1. The largest absolute Gasteiger partial charge is 0.323 e. The third kappa shape index (κ3) is 2.58. The van der Waals surface area contributed by atoms with E-state index in [0.717, 1.165) is 10.9 Å². The van der Waals surface area contributed by atoms with Crippen LogP contribution >= 0.6 is 11.3 Å². The lowest BCUT2D eigenvalue weighted by Gasteiger charge is -2.29.